The van der Waals surface area contributed by atoms with Crippen LogP contribution in [0.1, 0.15) is 38.2 Å². The van der Waals surface area contributed by atoms with Gasteiger partial charge in [0.1, 0.15) is 5.82 Å². The Bertz CT molecular complexity index is 331. The summed E-state index contributed by atoms with van der Waals surface area (Å²) in [4.78, 5) is 0. The Labute approximate surface area is 97.1 Å². The van der Waals surface area contributed by atoms with Crippen molar-refractivity contribution in [3.05, 3.63) is 35.6 Å². The number of rotatable bonds is 3. The molecule has 2 rings (SSSR count). The summed E-state index contributed by atoms with van der Waals surface area (Å²) in [5, 5.41) is 3.56. The fraction of sp³-hybridized carbons (Fsp3) is 0.571. The second kappa shape index (κ2) is 4.96. The Balaban J connectivity index is 2.10. The third kappa shape index (κ3) is 2.62. The van der Waals surface area contributed by atoms with E-state index in [1.165, 1.54) is 18.4 Å². The monoisotopic (exact) mass is 221 g/mol. The predicted octanol–water partition coefficient (Wildman–Crippen LogP) is 3.32. The molecule has 1 aromatic carbocycles. The largest absolute Gasteiger partial charge is 0.313 e. The molecule has 1 aliphatic rings. The van der Waals surface area contributed by atoms with E-state index in [-0.39, 0.29) is 5.82 Å². The van der Waals surface area contributed by atoms with Crippen molar-refractivity contribution in [3.63, 3.8) is 0 Å². The summed E-state index contributed by atoms with van der Waals surface area (Å²) in [6.45, 7) is 5.59. The number of benzene rings is 1. The minimum atomic E-state index is -0.143. The molecule has 0 spiro atoms. The second-order valence-corrected chi connectivity index (χ2v) is 5.14. The summed E-state index contributed by atoms with van der Waals surface area (Å²) < 4.78 is 12.9. The minimum Gasteiger partial charge on any atom is -0.313 e. The van der Waals surface area contributed by atoms with Gasteiger partial charge >= 0.3 is 0 Å². The average Bonchev–Trinajstić information content (AvgIpc) is 2.66. The van der Waals surface area contributed by atoms with E-state index in [9.17, 15) is 4.39 Å². The van der Waals surface area contributed by atoms with E-state index < -0.39 is 0 Å². The first-order chi connectivity index (χ1) is 7.66. The predicted molar refractivity (Wildman–Crippen MR) is 65.0 cm³/mol. The molecule has 1 fully saturated rings. The van der Waals surface area contributed by atoms with Crippen LogP contribution < -0.4 is 5.32 Å². The van der Waals surface area contributed by atoms with Gasteiger partial charge in [0.05, 0.1) is 0 Å². The second-order valence-electron chi connectivity index (χ2n) is 5.14. The standard InChI is InChI=1S/C14H20FN/c1-10(2)9-14-13(7-8-16-14)11-3-5-12(15)6-4-11/h3-6,10,13-14,16H,7-9H2,1-2H3. The van der Waals surface area contributed by atoms with Gasteiger partial charge in [0.2, 0.25) is 0 Å². The van der Waals surface area contributed by atoms with Gasteiger partial charge in [0, 0.05) is 12.0 Å². The van der Waals surface area contributed by atoms with Gasteiger partial charge in [0.15, 0.2) is 0 Å². The Morgan fingerprint density at radius 2 is 2.00 bits per heavy atom. The lowest BCUT2D eigenvalue weighted by Crippen LogP contribution is -2.27. The van der Waals surface area contributed by atoms with Gasteiger partial charge in [-0.05, 0) is 43.0 Å². The molecule has 2 unspecified atom stereocenters. The van der Waals surface area contributed by atoms with Crippen LogP contribution >= 0.6 is 0 Å². The van der Waals surface area contributed by atoms with Crippen LogP contribution in [-0.2, 0) is 0 Å². The van der Waals surface area contributed by atoms with Gasteiger partial charge < -0.3 is 5.32 Å². The molecule has 2 atom stereocenters. The van der Waals surface area contributed by atoms with Gasteiger partial charge in [-0.2, -0.15) is 0 Å². The lowest BCUT2D eigenvalue weighted by atomic mass is 9.87. The Morgan fingerprint density at radius 1 is 1.31 bits per heavy atom. The van der Waals surface area contributed by atoms with E-state index >= 15 is 0 Å². The maximum atomic E-state index is 12.9. The van der Waals surface area contributed by atoms with Gasteiger partial charge in [-0.3, -0.25) is 0 Å². The first-order valence-electron chi connectivity index (χ1n) is 6.15. The van der Waals surface area contributed by atoms with Crippen molar-refractivity contribution in [1.82, 2.24) is 5.32 Å². The lowest BCUT2D eigenvalue weighted by molar-refractivity contribution is 0.433. The highest BCUT2D eigenvalue weighted by Crippen LogP contribution is 2.31. The van der Waals surface area contributed by atoms with E-state index in [1.54, 1.807) is 12.1 Å². The van der Waals surface area contributed by atoms with Crippen molar-refractivity contribution in [2.75, 3.05) is 6.54 Å². The van der Waals surface area contributed by atoms with E-state index in [4.69, 9.17) is 0 Å². The molecule has 1 saturated heterocycles. The molecule has 1 nitrogen and oxygen atoms in total. The quantitative estimate of drug-likeness (QED) is 0.825. The van der Waals surface area contributed by atoms with Crippen LogP contribution in [0, 0.1) is 11.7 Å². The van der Waals surface area contributed by atoms with Gasteiger partial charge in [-0.25, -0.2) is 4.39 Å². The third-order valence-corrected chi connectivity index (χ3v) is 3.37. The first-order valence-corrected chi connectivity index (χ1v) is 6.15. The van der Waals surface area contributed by atoms with Crippen molar-refractivity contribution < 1.29 is 4.39 Å². The number of halogens is 1. The molecule has 0 amide bonds. The fourth-order valence-electron chi connectivity index (χ4n) is 2.63. The maximum absolute atomic E-state index is 12.9. The highest BCUT2D eigenvalue weighted by Gasteiger charge is 2.28. The number of nitrogens with one attached hydrogen (secondary N) is 1. The Hall–Kier alpha value is -0.890. The van der Waals surface area contributed by atoms with E-state index in [2.05, 4.69) is 19.2 Å². The van der Waals surface area contributed by atoms with Crippen LogP contribution in [0.4, 0.5) is 4.39 Å². The van der Waals surface area contributed by atoms with Crippen LogP contribution in [0.5, 0.6) is 0 Å². The summed E-state index contributed by atoms with van der Waals surface area (Å²) in [7, 11) is 0. The molecule has 1 aromatic rings. The first kappa shape index (κ1) is 11.6. The molecule has 1 aliphatic heterocycles. The van der Waals surface area contributed by atoms with Gasteiger partial charge in [-0.1, -0.05) is 26.0 Å². The molecule has 0 saturated carbocycles. The SMILES string of the molecule is CC(C)CC1NCCC1c1ccc(F)cc1. The van der Waals surface area contributed by atoms with Crippen molar-refractivity contribution in [2.45, 2.75) is 38.6 Å². The zero-order valence-corrected chi connectivity index (χ0v) is 10.0. The molecule has 0 radical (unpaired) electrons. The smallest absolute Gasteiger partial charge is 0.123 e. The maximum Gasteiger partial charge on any atom is 0.123 e. The average molecular weight is 221 g/mol. The van der Waals surface area contributed by atoms with E-state index in [0.717, 1.165) is 6.54 Å². The summed E-state index contributed by atoms with van der Waals surface area (Å²) in [5.41, 5.74) is 1.28. The molecule has 2 heteroatoms. The normalized spacial score (nSPS) is 25.2. The van der Waals surface area contributed by atoms with Crippen molar-refractivity contribution in [1.29, 1.82) is 0 Å². The topological polar surface area (TPSA) is 12.0 Å². The lowest BCUT2D eigenvalue weighted by Gasteiger charge is -2.21. The van der Waals surface area contributed by atoms with Crippen LogP contribution in [0.2, 0.25) is 0 Å². The molecule has 16 heavy (non-hydrogen) atoms. The van der Waals surface area contributed by atoms with Crippen LogP contribution in [0.15, 0.2) is 24.3 Å². The molecule has 88 valence electrons. The summed E-state index contributed by atoms with van der Waals surface area (Å²) in [5.74, 6) is 1.12. The van der Waals surface area contributed by atoms with E-state index in [0.29, 0.717) is 17.9 Å². The van der Waals surface area contributed by atoms with Crippen molar-refractivity contribution >= 4 is 0 Å². The third-order valence-electron chi connectivity index (χ3n) is 3.37. The molecule has 1 heterocycles. The molecular formula is C14H20FN. The highest BCUT2D eigenvalue weighted by molar-refractivity contribution is 5.23. The Kier molecular flexibility index (Phi) is 3.59. The highest BCUT2D eigenvalue weighted by atomic mass is 19.1. The molecule has 0 aliphatic carbocycles. The molecule has 0 bridgehead atoms. The van der Waals surface area contributed by atoms with Crippen molar-refractivity contribution in [3.8, 4) is 0 Å². The summed E-state index contributed by atoms with van der Waals surface area (Å²) in [6.07, 6.45) is 2.37. The number of hydrogen-bond donors (Lipinski definition) is 1. The van der Waals surface area contributed by atoms with E-state index in [1.807, 2.05) is 12.1 Å². The minimum absolute atomic E-state index is 0.143. The van der Waals surface area contributed by atoms with Crippen LogP contribution in [0.25, 0.3) is 0 Å². The summed E-state index contributed by atoms with van der Waals surface area (Å²) >= 11 is 0. The summed E-state index contributed by atoms with van der Waals surface area (Å²) in [6, 6.07) is 7.56. The van der Waals surface area contributed by atoms with Crippen LogP contribution in [0.3, 0.4) is 0 Å². The zero-order chi connectivity index (χ0) is 11.5. The number of hydrogen-bond acceptors (Lipinski definition) is 1. The van der Waals surface area contributed by atoms with Gasteiger partial charge in [0.25, 0.3) is 0 Å². The van der Waals surface area contributed by atoms with Gasteiger partial charge in [-0.15, -0.1) is 0 Å². The Morgan fingerprint density at radius 3 is 2.62 bits per heavy atom. The molecular weight excluding hydrogens is 201 g/mol. The zero-order valence-electron chi connectivity index (χ0n) is 10.0. The van der Waals surface area contributed by atoms with Crippen molar-refractivity contribution in [2.24, 2.45) is 5.92 Å². The van der Waals surface area contributed by atoms with Crippen LogP contribution in [-0.4, -0.2) is 12.6 Å². The fourth-order valence-corrected chi connectivity index (χ4v) is 2.63. The molecule has 1 N–H and O–H groups in total. The molecule has 0 aromatic heterocycles.